The number of halogens is 3. The van der Waals surface area contributed by atoms with Gasteiger partial charge < -0.3 is 15.5 Å². The standard InChI is InChI=1S/C16H23F3N4O/c1-12(11-23-9-7-22(2)8-10-23)20-15(24)21-14-6-4-3-5-13(14)16(17,18)19/h3-6,12H,7-11H2,1-2H3,(H2,20,21,24). The van der Waals surface area contributed by atoms with Crippen LogP contribution in [0.2, 0.25) is 0 Å². The average molecular weight is 344 g/mol. The maximum Gasteiger partial charge on any atom is 0.418 e. The van der Waals surface area contributed by atoms with Crippen molar-refractivity contribution in [2.45, 2.75) is 19.1 Å². The van der Waals surface area contributed by atoms with Crippen LogP contribution in [-0.2, 0) is 6.18 Å². The fourth-order valence-electron chi connectivity index (χ4n) is 2.68. The molecule has 1 unspecified atom stereocenters. The summed E-state index contributed by atoms with van der Waals surface area (Å²) in [6.45, 7) is 6.29. The molecule has 1 aliphatic heterocycles. The van der Waals surface area contributed by atoms with E-state index in [2.05, 4.69) is 27.5 Å². The monoisotopic (exact) mass is 344 g/mol. The number of hydrogen-bond donors (Lipinski definition) is 2. The Labute approximate surface area is 139 Å². The summed E-state index contributed by atoms with van der Waals surface area (Å²) < 4.78 is 38.8. The molecule has 0 radical (unpaired) electrons. The first-order valence-corrected chi connectivity index (χ1v) is 7.90. The largest absolute Gasteiger partial charge is 0.418 e. The van der Waals surface area contributed by atoms with Crippen LogP contribution in [0.25, 0.3) is 0 Å². The summed E-state index contributed by atoms with van der Waals surface area (Å²) in [7, 11) is 2.06. The van der Waals surface area contributed by atoms with Gasteiger partial charge in [0.2, 0.25) is 0 Å². The number of nitrogens with zero attached hydrogens (tertiary/aromatic N) is 2. The second kappa shape index (κ2) is 7.85. The lowest BCUT2D eigenvalue weighted by atomic mass is 10.1. The molecule has 1 aromatic rings. The molecule has 1 heterocycles. The molecule has 8 heteroatoms. The van der Waals surface area contributed by atoms with Gasteiger partial charge in [-0.2, -0.15) is 13.2 Å². The quantitative estimate of drug-likeness (QED) is 0.882. The van der Waals surface area contributed by atoms with Crippen molar-refractivity contribution in [3.63, 3.8) is 0 Å². The van der Waals surface area contributed by atoms with Crippen molar-refractivity contribution in [1.29, 1.82) is 0 Å². The minimum Gasteiger partial charge on any atom is -0.334 e. The summed E-state index contributed by atoms with van der Waals surface area (Å²) in [4.78, 5) is 16.4. The SMILES string of the molecule is CC(CN1CCN(C)CC1)NC(=O)Nc1ccccc1C(F)(F)F. The van der Waals surface area contributed by atoms with Crippen molar-refractivity contribution in [1.82, 2.24) is 15.1 Å². The first-order chi connectivity index (χ1) is 11.3. The van der Waals surface area contributed by atoms with Crippen molar-refractivity contribution in [3.8, 4) is 0 Å². The summed E-state index contributed by atoms with van der Waals surface area (Å²) in [5, 5.41) is 4.99. The number of hydrogen-bond acceptors (Lipinski definition) is 3. The van der Waals surface area contributed by atoms with E-state index in [1.165, 1.54) is 18.2 Å². The van der Waals surface area contributed by atoms with E-state index >= 15 is 0 Å². The molecule has 5 nitrogen and oxygen atoms in total. The van der Waals surface area contributed by atoms with E-state index in [9.17, 15) is 18.0 Å². The number of nitrogens with one attached hydrogen (secondary N) is 2. The predicted molar refractivity (Wildman–Crippen MR) is 87.0 cm³/mol. The van der Waals surface area contributed by atoms with E-state index < -0.39 is 17.8 Å². The molecule has 1 aliphatic rings. The number of carbonyl (C=O) groups excluding carboxylic acids is 1. The Morgan fingerprint density at radius 1 is 1.21 bits per heavy atom. The lowest BCUT2D eigenvalue weighted by Gasteiger charge is -2.34. The van der Waals surface area contributed by atoms with Crippen LogP contribution in [0, 0.1) is 0 Å². The molecule has 0 spiro atoms. The van der Waals surface area contributed by atoms with Gasteiger partial charge in [-0.3, -0.25) is 4.90 Å². The van der Waals surface area contributed by atoms with Crippen LogP contribution in [0.3, 0.4) is 0 Å². The minimum atomic E-state index is -4.50. The molecule has 1 atom stereocenters. The fraction of sp³-hybridized carbons (Fsp3) is 0.562. The molecule has 134 valence electrons. The summed E-state index contributed by atoms with van der Waals surface area (Å²) in [5.74, 6) is 0. The topological polar surface area (TPSA) is 47.6 Å². The van der Waals surface area contributed by atoms with Gasteiger partial charge in [0.25, 0.3) is 0 Å². The number of alkyl halides is 3. The van der Waals surface area contributed by atoms with Gasteiger partial charge in [0.05, 0.1) is 11.3 Å². The van der Waals surface area contributed by atoms with Gasteiger partial charge in [-0.25, -0.2) is 4.79 Å². The van der Waals surface area contributed by atoms with Crippen LogP contribution in [0.4, 0.5) is 23.7 Å². The maximum atomic E-state index is 12.9. The number of para-hydroxylation sites is 1. The first kappa shape index (κ1) is 18.5. The Bertz CT molecular complexity index is 556. The van der Waals surface area contributed by atoms with Gasteiger partial charge in [0, 0.05) is 38.8 Å². The van der Waals surface area contributed by atoms with Gasteiger partial charge in [-0.05, 0) is 26.1 Å². The highest BCUT2D eigenvalue weighted by Gasteiger charge is 2.33. The Morgan fingerprint density at radius 2 is 1.83 bits per heavy atom. The second-order valence-corrected chi connectivity index (χ2v) is 6.15. The lowest BCUT2D eigenvalue weighted by Crippen LogP contribution is -2.50. The first-order valence-electron chi connectivity index (χ1n) is 7.90. The maximum absolute atomic E-state index is 12.9. The van der Waals surface area contributed by atoms with Gasteiger partial charge in [-0.1, -0.05) is 12.1 Å². The number of benzene rings is 1. The highest BCUT2D eigenvalue weighted by molar-refractivity contribution is 5.90. The zero-order valence-electron chi connectivity index (χ0n) is 13.9. The molecule has 24 heavy (non-hydrogen) atoms. The molecule has 1 saturated heterocycles. The van der Waals surface area contributed by atoms with Gasteiger partial charge >= 0.3 is 12.2 Å². The van der Waals surface area contributed by atoms with Crippen molar-refractivity contribution in [3.05, 3.63) is 29.8 Å². The molecule has 1 fully saturated rings. The highest BCUT2D eigenvalue weighted by Crippen LogP contribution is 2.34. The number of anilines is 1. The number of amides is 2. The number of urea groups is 1. The van der Waals surface area contributed by atoms with Gasteiger partial charge in [0.1, 0.15) is 0 Å². The third-order valence-corrected chi connectivity index (χ3v) is 3.99. The molecule has 0 saturated carbocycles. The molecule has 0 bridgehead atoms. The van der Waals surface area contributed by atoms with Crippen LogP contribution in [0.5, 0.6) is 0 Å². The van der Waals surface area contributed by atoms with Crippen LogP contribution in [0.15, 0.2) is 24.3 Å². The van der Waals surface area contributed by atoms with Gasteiger partial charge in [0.15, 0.2) is 0 Å². The molecular weight excluding hydrogens is 321 g/mol. The van der Waals surface area contributed by atoms with Crippen molar-refractivity contribution < 1.29 is 18.0 Å². The molecule has 2 amide bonds. The smallest absolute Gasteiger partial charge is 0.334 e. The van der Waals surface area contributed by atoms with E-state index in [4.69, 9.17) is 0 Å². The van der Waals surface area contributed by atoms with E-state index in [1.807, 2.05) is 6.92 Å². The molecule has 2 N–H and O–H groups in total. The fourth-order valence-corrected chi connectivity index (χ4v) is 2.68. The summed E-state index contributed by atoms with van der Waals surface area (Å²) in [6.07, 6.45) is -4.50. The lowest BCUT2D eigenvalue weighted by molar-refractivity contribution is -0.136. The Kier molecular flexibility index (Phi) is 6.06. The summed E-state index contributed by atoms with van der Waals surface area (Å²) >= 11 is 0. The van der Waals surface area contributed by atoms with Crippen molar-refractivity contribution in [2.24, 2.45) is 0 Å². The van der Waals surface area contributed by atoms with E-state index in [0.717, 1.165) is 32.2 Å². The number of likely N-dealkylation sites (N-methyl/N-ethyl adjacent to an activating group) is 1. The Morgan fingerprint density at radius 3 is 2.46 bits per heavy atom. The van der Waals surface area contributed by atoms with Crippen LogP contribution in [-0.4, -0.2) is 61.6 Å². The third kappa shape index (κ3) is 5.38. The zero-order chi connectivity index (χ0) is 17.7. The number of carbonyl (C=O) groups is 1. The molecule has 0 aliphatic carbocycles. The zero-order valence-corrected chi connectivity index (χ0v) is 13.9. The molecule has 1 aromatic carbocycles. The molecule has 0 aromatic heterocycles. The number of rotatable bonds is 4. The molecule has 2 rings (SSSR count). The van der Waals surface area contributed by atoms with Crippen LogP contribution < -0.4 is 10.6 Å². The summed E-state index contributed by atoms with van der Waals surface area (Å²) in [6, 6.07) is 4.15. The van der Waals surface area contributed by atoms with Crippen molar-refractivity contribution >= 4 is 11.7 Å². The predicted octanol–water partition coefficient (Wildman–Crippen LogP) is 2.46. The van der Waals surface area contributed by atoms with E-state index in [0.29, 0.717) is 6.54 Å². The van der Waals surface area contributed by atoms with Crippen molar-refractivity contribution in [2.75, 3.05) is 45.1 Å². The normalized spacial score (nSPS) is 18.2. The Hall–Kier alpha value is -1.80. The number of piperazine rings is 1. The van der Waals surface area contributed by atoms with E-state index in [1.54, 1.807) is 0 Å². The third-order valence-electron chi connectivity index (χ3n) is 3.99. The van der Waals surface area contributed by atoms with Crippen LogP contribution >= 0.6 is 0 Å². The second-order valence-electron chi connectivity index (χ2n) is 6.15. The van der Waals surface area contributed by atoms with E-state index in [-0.39, 0.29) is 11.7 Å². The summed E-state index contributed by atoms with van der Waals surface area (Å²) in [5.41, 5.74) is -1.10. The minimum absolute atomic E-state index is 0.161. The van der Waals surface area contributed by atoms with Crippen LogP contribution in [0.1, 0.15) is 12.5 Å². The van der Waals surface area contributed by atoms with Gasteiger partial charge in [-0.15, -0.1) is 0 Å². The molecular formula is C16H23F3N4O. The Balaban J connectivity index is 1.87. The highest BCUT2D eigenvalue weighted by atomic mass is 19.4. The average Bonchev–Trinajstić information content (AvgIpc) is 2.49.